The number of hydrogen-bond acceptors (Lipinski definition) is 4. The molecule has 3 rings (SSSR count). The Morgan fingerprint density at radius 2 is 1.45 bits per heavy atom. The molecule has 0 saturated heterocycles. The summed E-state index contributed by atoms with van der Waals surface area (Å²) in [6.07, 6.45) is 0. The summed E-state index contributed by atoms with van der Waals surface area (Å²) in [4.78, 5) is 26.7. The van der Waals surface area contributed by atoms with Crippen LogP contribution in [0.2, 0.25) is 0 Å². The van der Waals surface area contributed by atoms with Crippen LogP contribution in [0.4, 0.5) is 5.69 Å². The van der Waals surface area contributed by atoms with Crippen LogP contribution in [0.1, 0.15) is 24.2 Å². The Morgan fingerprint density at radius 1 is 0.828 bits per heavy atom. The first-order valence-electron chi connectivity index (χ1n) is 9.42. The molecule has 0 spiro atoms. The summed E-state index contributed by atoms with van der Waals surface area (Å²) >= 11 is 0. The summed E-state index contributed by atoms with van der Waals surface area (Å²) in [5, 5.41) is 0. The lowest BCUT2D eigenvalue weighted by atomic mass is 10.2. The molecule has 0 saturated carbocycles. The number of para-hydroxylation sites is 2. The molecular weight excluding hydrogens is 366 g/mol. The number of ether oxygens (including phenoxy) is 2. The summed E-state index contributed by atoms with van der Waals surface area (Å²) < 4.78 is 11.0. The van der Waals surface area contributed by atoms with Crippen LogP contribution < -0.4 is 9.64 Å². The summed E-state index contributed by atoms with van der Waals surface area (Å²) in [5.74, 6) is 0.332. The molecule has 0 aliphatic carbocycles. The fourth-order valence-electron chi connectivity index (χ4n) is 2.91. The number of rotatable bonds is 7. The molecule has 0 heterocycles. The quantitative estimate of drug-likeness (QED) is 0.529. The monoisotopic (exact) mass is 389 g/mol. The average Bonchev–Trinajstić information content (AvgIpc) is 2.73. The molecule has 29 heavy (non-hydrogen) atoms. The van der Waals surface area contributed by atoms with Gasteiger partial charge in [0.1, 0.15) is 11.5 Å². The minimum absolute atomic E-state index is 0.0637. The first kappa shape index (κ1) is 20.1. The molecule has 0 aliphatic heterocycles. The third-order valence-corrected chi connectivity index (χ3v) is 4.19. The van der Waals surface area contributed by atoms with Crippen molar-refractivity contribution in [1.82, 2.24) is 0 Å². The molecule has 0 fully saturated rings. The molecule has 0 N–H and O–H groups in total. The van der Waals surface area contributed by atoms with E-state index in [1.54, 1.807) is 29.2 Å². The maximum absolute atomic E-state index is 12.7. The zero-order valence-corrected chi connectivity index (χ0v) is 16.4. The standard InChI is InChI=1S/C24H23NO4/c1-18(2)25(20-11-5-3-6-12-20)23(26)17-28-24(27)19-10-9-15-22(16-19)29-21-13-7-4-8-14-21/h3-16,18H,17H2,1-2H3. The molecule has 5 nitrogen and oxygen atoms in total. The van der Waals surface area contributed by atoms with E-state index in [0.717, 1.165) is 5.69 Å². The number of amides is 1. The minimum atomic E-state index is -0.575. The van der Waals surface area contributed by atoms with Gasteiger partial charge in [-0.05, 0) is 56.3 Å². The topological polar surface area (TPSA) is 55.8 Å². The molecule has 0 bridgehead atoms. The van der Waals surface area contributed by atoms with Crippen molar-refractivity contribution in [3.63, 3.8) is 0 Å². The summed E-state index contributed by atoms with van der Waals surface area (Å²) in [5.41, 5.74) is 1.09. The Hall–Kier alpha value is -3.60. The molecular formula is C24H23NO4. The van der Waals surface area contributed by atoms with Crippen LogP contribution in [0, 0.1) is 0 Å². The molecule has 3 aromatic carbocycles. The third-order valence-electron chi connectivity index (χ3n) is 4.19. The second-order valence-corrected chi connectivity index (χ2v) is 6.71. The van der Waals surface area contributed by atoms with E-state index in [9.17, 15) is 9.59 Å². The number of nitrogens with zero attached hydrogens (tertiary/aromatic N) is 1. The van der Waals surface area contributed by atoms with Crippen LogP contribution in [-0.2, 0) is 9.53 Å². The van der Waals surface area contributed by atoms with Gasteiger partial charge in [0.15, 0.2) is 6.61 Å². The normalized spacial score (nSPS) is 10.4. The number of anilines is 1. The van der Waals surface area contributed by atoms with Gasteiger partial charge in [-0.15, -0.1) is 0 Å². The Kier molecular flexibility index (Phi) is 6.63. The lowest BCUT2D eigenvalue weighted by molar-refractivity contribution is -0.122. The Morgan fingerprint density at radius 3 is 2.10 bits per heavy atom. The SMILES string of the molecule is CC(C)N(C(=O)COC(=O)c1cccc(Oc2ccccc2)c1)c1ccccc1. The number of benzene rings is 3. The number of carbonyl (C=O) groups is 2. The molecule has 5 heteroatoms. The van der Waals surface area contributed by atoms with E-state index < -0.39 is 5.97 Å². The Labute approximate surface area is 170 Å². The van der Waals surface area contributed by atoms with E-state index >= 15 is 0 Å². The van der Waals surface area contributed by atoms with Crippen LogP contribution in [0.15, 0.2) is 84.9 Å². The molecule has 1 amide bonds. The summed E-state index contributed by atoms with van der Waals surface area (Å²) in [6, 6.07) is 25.2. The van der Waals surface area contributed by atoms with E-state index in [1.807, 2.05) is 74.5 Å². The van der Waals surface area contributed by atoms with Crippen LogP contribution in [0.3, 0.4) is 0 Å². The Balaban J connectivity index is 1.64. The van der Waals surface area contributed by atoms with Crippen molar-refractivity contribution in [2.75, 3.05) is 11.5 Å². The molecule has 0 radical (unpaired) electrons. The third kappa shape index (κ3) is 5.45. The van der Waals surface area contributed by atoms with Crippen molar-refractivity contribution in [2.45, 2.75) is 19.9 Å². The van der Waals surface area contributed by atoms with Crippen molar-refractivity contribution < 1.29 is 19.1 Å². The second kappa shape index (κ2) is 9.55. The van der Waals surface area contributed by atoms with E-state index in [4.69, 9.17) is 9.47 Å². The van der Waals surface area contributed by atoms with Crippen LogP contribution in [-0.4, -0.2) is 24.5 Å². The predicted molar refractivity (Wildman–Crippen MR) is 112 cm³/mol. The Bertz CT molecular complexity index is 955. The van der Waals surface area contributed by atoms with Gasteiger partial charge in [0.2, 0.25) is 0 Å². The van der Waals surface area contributed by atoms with Gasteiger partial charge in [0.05, 0.1) is 5.56 Å². The van der Waals surface area contributed by atoms with Gasteiger partial charge >= 0.3 is 5.97 Å². The van der Waals surface area contributed by atoms with E-state index in [2.05, 4.69) is 0 Å². The second-order valence-electron chi connectivity index (χ2n) is 6.71. The van der Waals surface area contributed by atoms with Crippen LogP contribution >= 0.6 is 0 Å². The van der Waals surface area contributed by atoms with Crippen LogP contribution in [0.5, 0.6) is 11.5 Å². The zero-order chi connectivity index (χ0) is 20.6. The van der Waals surface area contributed by atoms with Gasteiger partial charge in [-0.3, -0.25) is 4.79 Å². The molecule has 0 atom stereocenters. The number of hydrogen-bond donors (Lipinski definition) is 0. The summed E-state index contributed by atoms with van der Waals surface area (Å²) in [6.45, 7) is 3.49. The van der Waals surface area contributed by atoms with E-state index in [-0.39, 0.29) is 18.6 Å². The van der Waals surface area contributed by atoms with Gasteiger partial charge in [0, 0.05) is 11.7 Å². The van der Waals surface area contributed by atoms with Crippen molar-refractivity contribution >= 4 is 17.6 Å². The first-order chi connectivity index (χ1) is 14.0. The first-order valence-corrected chi connectivity index (χ1v) is 9.42. The van der Waals surface area contributed by atoms with Gasteiger partial charge in [-0.25, -0.2) is 4.79 Å². The lowest BCUT2D eigenvalue weighted by Crippen LogP contribution is -2.39. The average molecular weight is 389 g/mol. The van der Waals surface area contributed by atoms with Crippen LogP contribution in [0.25, 0.3) is 0 Å². The smallest absolute Gasteiger partial charge is 0.338 e. The maximum Gasteiger partial charge on any atom is 0.338 e. The minimum Gasteiger partial charge on any atom is -0.457 e. The molecule has 0 unspecified atom stereocenters. The van der Waals surface area contributed by atoms with Gasteiger partial charge in [-0.1, -0.05) is 42.5 Å². The highest BCUT2D eigenvalue weighted by Crippen LogP contribution is 2.22. The zero-order valence-electron chi connectivity index (χ0n) is 16.4. The molecule has 3 aromatic rings. The molecule has 0 aromatic heterocycles. The van der Waals surface area contributed by atoms with Crippen molar-refractivity contribution in [3.05, 3.63) is 90.5 Å². The number of carbonyl (C=O) groups excluding carboxylic acids is 2. The lowest BCUT2D eigenvalue weighted by Gasteiger charge is -2.26. The molecule has 148 valence electrons. The van der Waals surface area contributed by atoms with Gasteiger partial charge in [-0.2, -0.15) is 0 Å². The van der Waals surface area contributed by atoms with E-state index in [1.165, 1.54) is 0 Å². The van der Waals surface area contributed by atoms with Crippen molar-refractivity contribution in [1.29, 1.82) is 0 Å². The predicted octanol–water partition coefficient (Wildman–Crippen LogP) is 5.08. The fraction of sp³-hybridized carbons (Fsp3) is 0.167. The highest BCUT2D eigenvalue weighted by molar-refractivity contribution is 5.97. The van der Waals surface area contributed by atoms with Gasteiger partial charge < -0.3 is 14.4 Å². The maximum atomic E-state index is 12.7. The van der Waals surface area contributed by atoms with Gasteiger partial charge in [0.25, 0.3) is 5.91 Å². The van der Waals surface area contributed by atoms with Crippen molar-refractivity contribution in [3.8, 4) is 11.5 Å². The fourth-order valence-corrected chi connectivity index (χ4v) is 2.91. The largest absolute Gasteiger partial charge is 0.457 e. The molecule has 0 aliphatic rings. The van der Waals surface area contributed by atoms with Crippen molar-refractivity contribution in [2.24, 2.45) is 0 Å². The number of esters is 1. The highest BCUT2D eigenvalue weighted by Gasteiger charge is 2.21. The highest BCUT2D eigenvalue weighted by atomic mass is 16.5. The summed E-state index contributed by atoms with van der Waals surface area (Å²) in [7, 11) is 0. The van der Waals surface area contributed by atoms with E-state index in [0.29, 0.717) is 17.1 Å².